The maximum absolute atomic E-state index is 13.3. The van der Waals surface area contributed by atoms with E-state index >= 15 is 0 Å². The van der Waals surface area contributed by atoms with E-state index in [0.29, 0.717) is 19.3 Å². The van der Waals surface area contributed by atoms with Crippen molar-refractivity contribution in [3.63, 3.8) is 0 Å². The van der Waals surface area contributed by atoms with Crippen molar-refractivity contribution in [1.29, 1.82) is 0 Å². The topological polar surface area (TPSA) is 95.9 Å². The Labute approximate surface area is 440 Å². The van der Waals surface area contributed by atoms with Crippen LogP contribution in [0.3, 0.4) is 0 Å². The molecule has 0 aromatic rings. The molecule has 3 atom stereocenters. The van der Waals surface area contributed by atoms with Crippen LogP contribution in [0.2, 0.25) is 0 Å². The third-order valence-electron chi connectivity index (χ3n) is 13.5. The first-order chi connectivity index (χ1) is 35.0. The van der Waals surface area contributed by atoms with E-state index in [-0.39, 0.29) is 24.9 Å². The lowest BCUT2D eigenvalue weighted by Gasteiger charge is -2.24. The molecule has 6 heteroatoms. The van der Waals surface area contributed by atoms with Gasteiger partial charge in [-0.1, -0.05) is 273 Å². The van der Waals surface area contributed by atoms with Crippen molar-refractivity contribution in [2.45, 2.75) is 309 Å². The first-order valence-corrected chi connectivity index (χ1v) is 30.4. The molecule has 0 heterocycles. The van der Waals surface area contributed by atoms with Crippen molar-refractivity contribution in [3.8, 4) is 0 Å². The zero-order valence-corrected chi connectivity index (χ0v) is 46.8. The number of amides is 1. The number of nitrogens with one attached hydrogen (secondary N) is 1. The fraction of sp³-hybridized carbons (Fsp3) is 0.754. The number of aliphatic hydroxyl groups excluding tert-OH is 2. The van der Waals surface area contributed by atoms with E-state index in [4.69, 9.17) is 4.74 Å². The summed E-state index contributed by atoms with van der Waals surface area (Å²) >= 11 is 0. The number of rotatable bonds is 54. The van der Waals surface area contributed by atoms with Gasteiger partial charge in [0.15, 0.2) is 0 Å². The summed E-state index contributed by atoms with van der Waals surface area (Å²) in [5.41, 5.74) is 0. The van der Waals surface area contributed by atoms with Gasteiger partial charge in [-0.25, -0.2) is 0 Å². The maximum Gasteiger partial charge on any atom is 0.306 e. The Bertz CT molecular complexity index is 1340. The molecule has 0 aliphatic carbocycles. The van der Waals surface area contributed by atoms with E-state index in [0.717, 1.165) is 89.9 Å². The molecule has 0 rings (SSSR count). The van der Waals surface area contributed by atoms with Crippen LogP contribution in [0.25, 0.3) is 0 Å². The summed E-state index contributed by atoms with van der Waals surface area (Å²) in [5.74, 6) is -0.524. The minimum atomic E-state index is -0.807. The van der Waals surface area contributed by atoms with Crippen LogP contribution in [0.5, 0.6) is 0 Å². The molecule has 0 aromatic heterocycles. The van der Waals surface area contributed by atoms with Crippen LogP contribution in [0.15, 0.2) is 85.1 Å². The molecule has 0 aliphatic heterocycles. The molecule has 410 valence electrons. The van der Waals surface area contributed by atoms with Crippen LogP contribution in [-0.2, 0) is 14.3 Å². The van der Waals surface area contributed by atoms with Gasteiger partial charge in [0.05, 0.1) is 25.2 Å². The van der Waals surface area contributed by atoms with Crippen LogP contribution < -0.4 is 5.32 Å². The molecule has 71 heavy (non-hydrogen) atoms. The van der Waals surface area contributed by atoms with Crippen LogP contribution in [0.1, 0.15) is 290 Å². The van der Waals surface area contributed by atoms with Crippen LogP contribution in [0.4, 0.5) is 0 Å². The van der Waals surface area contributed by atoms with E-state index < -0.39 is 18.2 Å². The fourth-order valence-electron chi connectivity index (χ4n) is 8.92. The second-order valence-corrected chi connectivity index (χ2v) is 20.5. The van der Waals surface area contributed by atoms with Gasteiger partial charge < -0.3 is 20.3 Å². The predicted molar refractivity (Wildman–Crippen MR) is 310 cm³/mol. The molecule has 0 aliphatic rings. The summed E-state index contributed by atoms with van der Waals surface area (Å²) in [4.78, 5) is 26.3. The van der Waals surface area contributed by atoms with Gasteiger partial charge in [0.2, 0.25) is 5.91 Å². The Morgan fingerprint density at radius 3 is 1.25 bits per heavy atom. The number of hydrogen-bond acceptors (Lipinski definition) is 5. The number of unbranched alkanes of at least 4 members (excludes halogenated alkanes) is 31. The van der Waals surface area contributed by atoms with E-state index in [1.54, 1.807) is 0 Å². The number of allylic oxidation sites excluding steroid dienone is 14. The number of esters is 1. The molecule has 0 fully saturated rings. The summed E-state index contributed by atoms with van der Waals surface area (Å²) in [6.45, 7) is 6.43. The summed E-state index contributed by atoms with van der Waals surface area (Å²) in [6.07, 6.45) is 76.4. The fourth-order valence-corrected chi connectivity index (χ4v) is 8.92. The van der Waals surface area contributed by atoms with Crippen molar-refractivity contribution >= 4 is 11.9 Å². The molecule has 0 spiro atoms. The Morgan fingerprint density at radius 2 is 0.775 bits per heavy atom. The van der Waals surface area contributed by atoms with Crippen molar-refractivity contribution in [3.05, 3.63) is 85.1 Å². The number of hydrogen-bond donors (Lipinski definition) is 3. The van der Waals surface area contributed by atoms with E-state index in [1.807, 2.05) is 0 Å². The largest absolute Gasteiger partial charge is 0.462 e. The number of carbonyl (C=O) groups excluding carboxylic acids is 2. The van der Waals surface area contributed by atoms with Gasteiger partial charge in [-0.15, -0.1) is 0 Å². The zero-order chi connectivity index (χ0) is 51.6. The first kappa shape index (κ1) is 68.0. The monoisotopic (exact) mass is 990 g/mol. The lowest BCUT2D eigenvalue weighted by atomic mass is 10.0. The van der Waals surface area contributed by atoms with Crippen molar-refractivity contribution in [2.75, 3.05) is 6.61 Å². The first-order valence-electron chi connectivity index (χ1n) is 30.4. The van der Waals surface area contributed by atoms with Crippen LogP contribution in [0, 0.1) is 0 Å². The third kappa shape index (κ3) is 53.2. The van der Waals surface area contributed by atoms with Gasteiger partial charge in [-0.2, -0.15) is 0 Å². The molecular weight excluding hydrogens is 875 g/mol. The Hall–Kier alpha value is -2.96. The SMILES string of the molecule is CCCCC/C=C\C/C=C\C/C=C\CCCCCCCCC(=O)OC(CCCCC/C=C/C=C/C=C/C=C/CCCCC)CC(=O)NC(CO)C(O)CCCCCCCCCCCCCCCCCCC. The van der Waals surface area contributed by atoms with Crippen molar-refractivity contribution < 1.29 is 24.5 Å². The molecule has 0 radical (unpaired) electrons. The van der Waals surface area contributed by atoms with Gasteiger partial charge in [-0.05, 0) is 89.9 Å². The molecule has 0 saturated heterocycles. The van der Waals surface area contributed by atoms with Gasteiger partial charge in [0.25, 0.3) is 0 Å². The predicted octanol–water partition coefficient (Wildman–Crippen LogP) is 19.1. The molecule has 3 unspecified atom stereocenters. The lowest BCUT2D eigenvalue weighted by Crippen LogP contribution is -2.46. The van der Waals surface area contributed by atoms with Crippen LogP contribution >= 0.6 is 0 Å². The molecule has 6 nitrogen and oxygen atoms in total. The molecular formula is C65H115NO5. The lowest BCUT2D eigenvalue weighted by molar-refractivity contribution is -0.151. The minimum Gasteiger partial charge on any atom is -0.462 e. The van der Waals surface area contributed by atoms with Crippen LogP contribution in [-0.4, -0.2) is 46.9 Å². The Kier molecular flexibility index (Phi) is 55.5. The third-order valence-corrected chi connectivity index (χ3v) is 13.5. The highest BCUT2D eigenvalue weighted by Gasteiger charge is 2.24. The van der Waals surface area contributed by atoms with Gasteiger partial charge in [-0.3, -0.25) is 9.59 Å². The minimum absolute atomic E-state index is 0.0432. The average Bonchev–Trinajstić information content (AvgIpc) is 3.36. The highest BCUT2D eigenvalue weighted by atomic mass is 16.5. The average molecular weight is 991 g/mol. The summed E-state index contributed by atoms with van der Waals surface area (Å²) in [6, 6.07) is -0.723. The molecule has 1 amide bonds. The van der Waals surface area contributed by atoms with E-state index in [1.165, 1.54) is 154 Å². The van der Waals surface area contributed by atoms with Crippen molar-refractivity contribution in [2.24, 2.45) is 0 Å². The second kappa shape index (κ2) is 57.9. The highest BCUT2D eigenvalue weighted by molar-refractivity contribution is 5.77. The number of carbonyl (C=O) groups is 2. The number of aliphatic hydroxyl groups is 2. The molecule has 0 aromatic carbocycles. The van der Waals surface area contributed by atoms with E-state index in [2.05, 4.69) is 111 Å². The zero-order valence-electron chi connectivity index (χ0n) is 46.8. The van der Waals surface area contributed by atoms with Gasteiger partial charge >= 0.3 is 5.97 Å². The smallest absolute Gasteiger partial charge is 0.306 e. The second-order valence-electron chi connectivity index (χ2n) is 20.5. The standard InChI is InChI=1S/C65H115NO5/c1-4-7-10-13-16-19-22-25-28-31-32-34-37-40-43-46-49-52-55-58-65(70)71-61(56-53-50-47-44-41-38-35-30-27-24-21-18-15-12-9-6-3)59-64(69)66-62(60-67)63(68)57-54-51-48-45-42-39-36-33-29-26-23-20-17-14-11-8-5-2/h16,18-19,21,24-25,27-28,30,32,34-35,38,41,61-63,67-68H,4-15,17,20,22-23,26,29,31,33,36-37,39-40,42-60H2,1-3H3,(H,66,69)/b19-16-,21-18+,27-24+,28-25-,34-32-,35-30+,41-38+. The quantitative estimate of drug-likeness (QED) is 0.0244. The normalized spacial score (nSPS) is 13.7. The Morgan fingerprint density at radius 1 is 0.423 bits per heavy atom. The van der Waals surface area contributed by atoms with E-state index in [9.17, 15) is 19.8 Å². The van der Waals surface area contributed by atoms with Gasteiger partial charge in [0, 0.05) is 6.42 Å². The maximum atomic E-state index is 13.3. The molecule has 0 bridgehead atoms. The summed E-state index contributed by atoms with van der Waals surface area (Å²) in [7, 11) is 0. The molecule has 0 saturated carbocycles. The van der Waals surface area contributed by atoms with Gasteiger partial charge in [0.1, 0.15) is 6.10 Å². The highest BCUT2D eigenvalue weighted by Crippen LogP contribution is 2.18. The van der Waals surface area contributed by atoms with Crippen molar-refractivity contribution in [1.82, 2.24) is 5.32 Å². The Balaban J connectivity index is 4.64. The molecule has 3 N–H and O–H groups in total. The summed E-state index contributed by atoms with van der Waals surface area (Å²) in [5, 5.41) is 23.9. The number of ether oxygens (including phenoxy) is 1. The summed E-state index contributed by atoms with van der Waals surface area (Å²) < 4.78 is 5.95.